The lowest BCUT2D eigenvalue weighted by atomic mass is 9.96. The fourth-order valence-electron chi connectivity index (χ4n) is 3.49. The highest BCUT2D eigenvalue weighted by Gasteiger charge is 2.45. The Balaban J connectivity index is 2.13. The molecular formula is C24H40O4S2Si. The molecule has 0 aromatic heterocycles. The number of aryl methyl sites for hydroxylation is 1. The van der Waals surface area contributed by atoms with E-state index in [0.29, 0.717) is 11.0 Å². The number of benzene rings is 1. The van der Waals surface area contributed by atoms with Crippen LogP contribution in [0.1, 0.15) is 53.0 Å². The number of hydrogen-bond donors (Lipinski definition) is 0. The van der Waals surface area contributed by atoms with Gasteiger partial charge in [0, 0.05) is 6.61 Å². The monoisotopic (exact) mass is 484 g/mol. The van der Waals surface area contributed by atoms with Crippen molar-refractivity contribution in [1.82, 2.24) is 0 Å². The molecule has 1 saturated heterocycles. The predicted octanol–water partition coefficient (Wildman–Crippen LogP) is 6.58. The average molecular weight is 485 g/mol. The molecule has 1 heterocycles. The average Bonchev–Trinajstić information content (AvgIpc) is 2.67. The number of hydrogen-bond acceptors (Lipinski definition) is 6. The molecule has 2 rings (SSSR count). The van der Waals surface area contributed by atoms with Crippen molar-refractivity contribution in [2.24, 2.45) is 0 Å². The molecule has 1 aromatic rings. The zero-order chi connectivity index (χ0) is 23.3. The van der Waals surface area contributed by atoms with Crippen LogP contribution in [0.25, 0.3) is 0 Å². The van der Waals surface area contributed by atoms with Gasteiger partial charge in [0.1, 0.15) is 12.2 Å². The number of thiocarbonyl (C=S) groups is 1. The fourth-order valence-corrected chi connectivity index (χ4v) is 4.87. The summed E-state index contributed by atoms with van der Waals surface area (Å²) in [5, 5.41) is 0.178. The van der Waals surface area contributed by atoms with Gasteiger partial charge < -0.3 is 18.6 Å². The van der Waals surface area contributed by atoms with E-state index in [9.17, 15) is 0 Å². The molecular weight excluding hydrogens is 444 g/mol. The summed E-state index contributed by atoms with van der Waals surface area (Å²) in [6.45, 7) is 15.9. The summed E-state index contributed by atoms with van der Waals surface area (Å²) in [5.41, 5.74) is 1.29. The van der Waals surface area contributed by atoms with Crippen molar-refractivity contribution >= 4 is 36.7 Å². The fraction of sp³-hybridized carbons (Fsp3) is 0.708. The first-order valence-electron chi connectivity index (χ1n) is 11.1. The van der Waals surface area contributed by atoms with Gasteiger partial charge in [0.2, 0.25) is 4.38 Å². The van der Waals surface area contributed by atoms with Gasteiger partial charge in [0.05, 0.1) is 0 Å². The zero-order valence-electron chi connectivity index (χ0n) is 20.4. The molecule has 3 atom stereocenters. The van der Waals surface area contributed by atoms with Gasteiger partial charge in [0.15, 0.2) is 20.2 Å². The highest BCUT2D eigenvalue weighted by atomic mass is 32.2. The Labute approximate surface area is 199 Å². The van der Waals surface area contributed by atoms with Crippen molar-refractivity contribution in [1.29, 1.82) is 0 Å². The molecule has 1 fully saturated rings. The van der Waals surface area contributed by atoms with Crippen molar-refractivity contribution in [2.45, 2.75) is 96.1 Å². The Kier molecular flexibility index (Phi) is 9.62. The van der Waals surface area contributed by atoms with Gasteiger partial charge >= 0.3 is 0 Å². The summed E-state index contributed by atoms with van der Waals surface area (Å²) in [4.78, 5) is 0. The van der Waals surface area contributed by atoms with Crippen LogP contribution in [0.5, 0.6) is 0 Å². The normalized spacial score (nSPS) is 24.1. The van der Waals surface area contributed by atoms with Crippen LogP contribution >= 0.6 is 24.0 Å². The van der Waals surface area contributed by atoms with E-state index in [1.165, 1.54) is 17.3 Å². The molecule has 31 heavy (non-hydrogen) atoms. The van der Waals surface area contributed by atoms with Crippen LogP contribution in [0.2, 0.25) is 18.1 Å². The summed E-state index contributed by atoms with van der Waals surface area (Å²) < 4.78 is 25.8. The van der Waals surface area contributed by atoms with E-state index in [-0.39, 0.29) is 23.4 Å². The van der Waals surface area contributed by atoms with E-state index in [0.717, 1.165) is 19.3 Å². The molecule has 0 radical (unpaired) electrons. The first-order chi connectivity index (χ1) is 14.3. The maximum absolute atomic E-state index is 6.43. The summed E-state index contributed by atoms with van der Waals surface area (Å²) >= 11 is 6.84. The van der Waals surface area contributed by atoms with Gasteiger partial charge in [-0.1, -0.05) is 62.9 Å². The van der Waals surface area contributed by atoms with Gasteiger partial charge in [0.25, 0.3) is 0 Å². The van der Waals surface area contributed by atoms with E-state index in [1.54, 1.807) is 0 Å². The van der Waals surface area contributed by atoms with Crippen LogP contribution in [0.3, 0.4) is 0 Å². The topological polar surface area (TPSA) is 36.9 Å². The lowest BCUT2D eigenvalue weighted by molar-refractivity contribution is -0.331. The molecule has 7 heteroatoms. The molecule has 0 N–H and O–H groups in total. The van der Waals surface area contributed by atoms with Crippen molar-refractivity contribution in [2.75, 3.05) is 12.9 Å². The Morgan fingerprint density at radius 2 is 1.68 bits per heavy atom. The molecule has 4 nitrogen and oxygen atoms in total. The number of ether oxygens (including phenoxy) is 3. The molecule has 176 valence electrons. The summed E-state index contributed by atoms with van der Waals surface area (Å²) in [6.07, 6.45) is 3.96. The molecule has 0 spiro atoms. The van der Waals surface area contributed by atoms with Gasteiger partial charge in [-0.15, -0.1) is 0 Å². The van der Waals surface area contributed by atoms with Crippen LogP contribution < -0.4 is 0 Å². The smallest absolute Gasteiger partial charge is 0.220 e. The molecule has 1 aromatic carbocycles. The lowest BCUT2D eigenvalue weighted by Gasteiger charge is -2.46. The second-order valence-electron chi connectivity index (χ2n) is 10.2. The van der Waals surface area contributed by atoms with Crippen molar-refractivity contribution in [3.8, 4) is 0 Å². The van der Waals surface area contributed by atoms with E-state index in [2.05, 4.69) is 58.1 Å². The van der Waals surface area contributed by atoms with Crippen LogP contribution in [-0.4, -0.2) is 49.7 Å². The largest absolute Gasteiger partial charge is 0.470 e. The van der Waals surface area contributed by atoms with Crippen LogP contribution in [-0.2, 0) is 25.1 Å². The second kappa shape index (κ2) is 11.1. The summed E-state index contributed by atoms with van der Waals surface area (Å²) in [6, 6.07) is 10.5. The SMILES string of the molecule is CSC(=S)OC1[C@H](CCO[Si](C)(C)C(C)(C)C)OC(C)(C)O[C@H]1CCc1ccccc1. The minimum Gasteiger partial charge on any atom is -0.470 e. The third-order valence-corrected chi connectivity index (χ3v) is 11.8. The summed E-state index contributed by atoms with van der Waals surface area (Å²) in [5.74, 6) is -0.677. The Bertz CT molecular complexity index is 703. The zero-order valence-corrected chi connectivity index (χ0v) is 23.0. The van der Waals surface area contributed by atoms with E-state index >= 15 is 0 Å². The Morgan fingerprint density at radius 3 is 2.23 bits per heavy atom. The Hall–Kier alpha value is -0.443. The van der Waals surface area contributed by atoms with Crippen molar-refractivity contribution < 1.29 is 18.6 Å². The maximum atomic E-state index is 6.43. The van der Waals surface area contributed by atoms with Gasteiger partial charge in [-0.05, 0) is 75.3 Å². The molecule has 0 bridgehead atoms. The third kappa shape index (κ3) is 8.13. The Morgan fingerprint density at radius 1 is 1.10 bits per heavy atom. The minimum absolute atomic E-state index is 0.105. The van der Waals surface area contributed by atoms with Crippen LogP contribution in [0, 0.1) is 0 Å². The maximum Gasteiger partial charge on any atom is 0.220 e. The number of thioether (sulfide) groups is 1. The van der Waals surface area contributed by atoms with E-state index < -0.39 is 14.1 Å². The van der Waals surface area contributed by atoms with E-state index in [4.69, 9.17) is 30.9 Å². The standard InChI is InChI=1S/C24H40O4S2Si/c1-23(2,3)31(7,8)25-17-16-20-21(26-22(29)30-6)19(27-24(4,5)28-20)15-14-18-12-10-9-11-13-18/h9-13,19-21H,14-17H2,1-8H3/t19-,20-,21?/m0/s1. The molecule has 1 unspecified atom stereocenters. The van der Waals surface area contributed by atoms with Gasteiger partial charge in [-0.2, -0.15) is 0 Å². The first-order valence-corrected chi connectivity index (χ1v) is 15.7. The molecule has 0 saturated carbocycles. The second-order valence-corrected chi connectivity index (χ2v) is 16.4. The van der Waals surface area contributed by atoms with E-state index in [1.807, 2.05) is 26.2 Å². The predicted molar refractivity (Wildman–Crippen MR) is 137 cm³/mol. The molecule has 0 aliphatic carbocycles. The summed E-state index contributed by atoms with van der Waals surface area (Å²) in [7, 11) is -1.82. The van der Waals surface area contributed by atoms with Crippen LogP contribution in [0.15, 0.2) is 30.3 Å². The number of rotatable bonds is 8. The van der Waals surface area contributed by atoms with Gasteiger partial charge in [-0.25, -0.2) is 0 Å². The van der Waals surface area contributed by atoms with Gasteiger partial charge in [-0.3, -0.25) is 0 Å². The lowest BCUT2D eigenvalue weighted by Crippen LogP contribution is -2.56. The minimum atomic E-state index is -1.82. The quantitative estimate of drug-likeness (QED) is 0.306. The highest BCUT2D eigenvalue weighted by molar-refractivity contribution is 8.22. The molecule has 0 amide bonds. The van der Waals surface area contributed by atoms with Crippen molar-refractivity contribution in [3.05, 3.63) is 35.9 Å². The third-order valence-electron chi connectivity index (χ3n) is 6.23. The first kappa shape index (κ1) is 26.8. The van der Waals surface area contributed by atoms with Crippen LogP contribution in [0.4, 0.5) is 0 Å². The highest BCUT2D eigenvalue weighted by Crippen LogP contribution is 2.38. The van der Waals surface area contributed by atoms with Crippen molar-refractivity contribution in [3.63, 3.8) is 0 Å². The molecule has 1 aliphatic heterocycles. The molecule has 1 aliphatic rings.